The van der Waals surface area contributed by atoms with Crippen molar-refractivity contribution in [3.8, 4) is 0 Å². The van der Waals surface area contributed by atoms with Crippen LogP contribution in [0.25, 0.3) is 0 Å². The number of carbonyl (C=O) groups is 4. The van der Waals surface area contributed by atoms with Crippen molar-refractivity contribution >= 4 is 23.9 Å². The minimum Gasteiger partial charge on any atom is -0.392 e. The molecule has 0 saturated heterocycles. The molecule has 0 aromatic heterocycles. The van der Waals surface area contributed by atoms with Crippen LogP contribution in [0, 0.1) is 0 Å². The van der Waals surface area contributed by atoms with E-state index in [9.17, 15) is 19.2 Å². The van der Waals surface area contributed by atoms with Crippen molar-refractivity contribution in [3.63, 3.8) is 0 Å². The maximum atomic E-state index is 11.6. The second-order valence-corrected chi connectivity index (χ2v) is 5.18. The van der Waals surface area contributed by atoms with E-state index in [-0.39, 0.29) is 12.8 Å². The Hall–Kier alpha value is -1.88. The minimum atomic E-state index is -1.20. The number of ether oxygens (including phenoxy) is 2. The molecule has 10 nitrogen and oxygen atoms in total. The molecule has 0 heterocycles. The predicted octanol–water partition coefficient (Wildman–Crippen LogP) is -1.96. The zero-order chi connectivity index (χ0) is 18.5. The van der Waals surface area contributed by atoms with Crippen molar-refractivity contribution in [2.75, 3.05) is 13.1 Å². The second kappa shape index (κ2) is 12.5. The largest absolute Gasteiger partial charge is 0.392 e. The molecule has 0 aromatic carbocycles. The molecule has 0 fully saturated rings. The van der Waals surface area contributed by atoms with E-state index in [4.69, 9.17) is 22.9 Å². The molecule has 0 saturated carbocycles. The van der Waals surface area contributed by atoms with Gasteiger partial charge in [-0.25, -0.2) is 9.59 Å². The average molecular weight is 346 g/mol. The Balaban J connectivity index is 4.04. The van der Waals surface area contributed by atoms with E-state index in [0.717, 1.165) is 12.8 Å². The smallest absolute Gasteiger partial charge is 0.330 e. The summed E-state index contributed by atoms with van der Waals surface area (Å²) in [4.78, 5) is 45.3. The van der Waals surface area contributed by atoms with Gasteiger partial charge >= 0.3 is 23.9 Å². The van der Waals surface area contributed by atoms with Crippen LogP contribution < -0.4 is 22.9 Å². The molecule has 0 amide bonds. The van der Waals surface area contributed by atoms with E-state index in [1.54, 1.807) is 0 Å². The molecule has 0 spiro atoms. The van der Waals surface area contributed by atoms with Crippen LogP contribution in [0.15, 0.2) is 0 Å². The first-order valence-corrected chi connectivity index (χ1v) is 7.72. The Bertz CT molecular complexity index is 443. The van der Waals surface area contributed by atoms with Crippen LogP contribution in [0.5, 0.6) is 0 Å². The van der Waals surface area contributed by atoms with E-state index in [0.29, 0.717) is 19.4 Å². The fraction of sp³-hybridized carbons (Fsp3) is 0.714. The summed E-state index contributed by atoms with van der Waals surface area (Å²) in [6.45, 7) is 0.107. The summed E-state index contributed by atoms with van der Waals surface area (Å²) in [7, 11) is 0. The van der Waals surface area contributed by atoms with Crippen LogP contribution in [0.3, 0.4) is 0 Å². The van der Waals surface area contributed by atoms with Crippen molar-refractivity contribution in [1.29, 1.82) is 0 Å². The van der Waals surface area contributed by atoms with Gasteiger partial charge in [0.2, 0.25) is 0 Å². The lowest BCUT2D eigenvalue weighted by molar-refractivity contribution is -0.160. The number of nitrogens with two attached hydrogens (primary N) is 4. The fourth-order valence-corrected chi connectivity index (χ4v) is 1.66. The first-order chi connectivity index (χ1) is 11.3. The zero-order valence-corrected chi connectivity index (χ0v) is 13.6. The minimum absolute atomic E-state index is 0.144. The van der Waals surface area contributed by atoms with Crippen LogP contribution in [-0.4, -0.2) is 49.1 Å². The molecular weight excluding hydrogens is 320 g/mol. The van der Waals surface area contributed by atoms with E-state index in [1.165, 1.54) is 0 Å². The Kier molecular flexibility index (Phi) is 11.5. The Morgan fingerprint density at radius 2 is 1.29 bits per heavy atom. The van der Waals surface area contributed by atoms with Gasteiger partial charge in [0.05, 0.1) is 6.54 Å². The third kappa shape index (κ3) is 10.0. The van der Waals surface area contributed by atoms with Gasteiger partial charge in [0, 0.05) is 6.42 Å². The van der Waals surface area contributed by atoms with Crippen LogP contribution >= 0.6 is 0 Å². The van der Waals surface area contributed by atoms with Crippen molar-refractivity contribution in [2.45, 2.75) is 50.6 Å². The Morgan fingerprint density at radius 1 is 0.750 bits per heavy atom. The van der Waals surface area contributed by atoms with E-state index >= 15 is 0 Å². The summed E-state index contributed by atoms with van der Waals surface area (Å²) in [6, 6.07) is -2.10. The molecule has 0 aliphatic heterocycles. The van der Waals surface area contributed by atoms with E-state index in [2.05, 4.69) is 9.47 Å². The number of carbonyl (C=O) groups excluding carboxylic acids is 4. The summed E-state index contributed by atoms with van der Waals surface area (Å²) in [5.74, 6) is -3.61. The van der Waals surface area contributed by atoms with Gasteiger partial charge in [-0.3, -0.25) is 9.59 Å². The highest BCUT2D eigenvalue weighted by Gasteiger charge is 2.22. The van der Waals surface area contributed by atoms with Crippen molar-refractivity contribution in [3.05, 3.63) is 0 Å². The van der Waals surface area contributed by atoms with Gasteiger partial charge in [-0.1, -0.05) is 12.8 Å². The van der Waals surface area contributed by atoms with Gasteiger partial charge < -0.3 is 32.4 Å². The third-order valence-corrected chi connectivity index (χ3v) is 3.08. The summed E-state index contributed by atoms with van der Waals surface area (Å²) < 4.78 is 8.88. The van der Waals surface area contributed by atoms with Crippen molar-refractivity contribution in [1.82, 2.24) is 0 Å². The van der Waals surface area contributed by atoms with Crippen molar-refractivity contribution < 1.29 is 28.7 Å². The lowest BCUT2D eigenvalue weighted by atomic mass is 10.1. The molecule has 1 unspecified atom stereocenters. The van der Waals surface area contributed by atoms with Crippen LogP contribution in [0.2, 0.25) is 0 Å². The highest BCUT2D eigenvalue weighted by molar-refractivity contribution is 5.90. The van der Waals surface area contributed by atoms with Gasteiger partial charge in [-0.05, 0) is 25.8 Å². The molecule has 0 aliphatic rings. The highest BCUT2D eigenvalue weighted by atomic mass is 16.6. The van der Waals surface area contributed by atoms with Gasteiger partial charge in [0.1, 0.15) is 12.1 Å². The Labute approximate surface area is 140 Å². The molecule has 138 valence electrons. The zero-order valence-electron chi connectivity index (χ0n) is 13.6. The number of hydrogen-bond donors (Lipinski definition) is 4. The maximum Gasteiger partial charge on any atom is 0.330 e. The second-order valence-electron chi connectivity index (χ2n) is 5.18. The van der Waals surface area contributed by atoms with Crippen LogP contribution in [0.4, 0.5) is 0 Å². The summed E-state index contributed by atoms with van der Waals surface area (Å²) in [5, 5.41) is 0. The Morgan fingerprint density at radius 3 is 1.83 bits per heavy atom. The molecule has 0 aliphatic carbocycles. The standard InChI is InChI=1S/C14H26N4O6/c15-7-3-1-2-4-9(17)13(21)23-11(19)6-5-10(18)14(22)24-12(20)8-16/h9-10H,1-8,15-18H2/t9?,10-/m0/s1. The average Bonchev–Trinajstić information content (AvgIpc) is 2.55. The number of rotatable bonds is 11. The van der Waals surface area contributed by atoms with Gasteiger partial charge in [0.15, 0.2) is 0 Å². The quantitative estimate of drug-likeness (QED) is 0.185. The first kappa shape index (κ1) is 22.1. The first-order valence-electron chi connectivity index (χ1n) is 7.72. The number of esters is 4. The highest BCUT2D eigenvalue weighted by Crippen LogP contribution is 2.05. The molecule has 24 heavy (non-hydrogen) atoms. The molecule has 8 N–H and O–H groups in total. The third-order valence-electron chi connectivity index (χ3n) is 3.08. The summed E-state index contributed by atoms with van der Waals surface area (Å²) in [5.41, 5.74) is 21.4. The predicted molar refractivity (Wildman–Crippen MR) is 84.0 cm³/mol. The van der Waals surface area contributed by atoms with Gasteiger partial charge in [0.25, 0.3) is 0 Å². The SMILES string of the molecule is NCCCCCC(N)C(=O)OC(=O)CC[C@H](N)C(=O)OC(=O)CN. The topological polar surface area (TPSA) is 191 Å². The van der Waals surface area contributed by atoms with E-state index in [1.807, 2.05) is 0 Å². The summed E-state index contributed by atoms with van der Waals surface area (Å²) >= 11 is 0. The molecular formula is C14H26N4O6. The van der Waals surface area contributed by atoms with Crippen LogP contribution in [0.1, 0.15) is 38.5 Å². The van der Waals surface area contributed by atoms with Gasteiger partial charge in [-0.2, -0.15) is 0 Å². The monoisotopic (exact) mass is 346 g/mol. The lowest BCUT2D eigenvalue weighted by Crippen LogP contribution is -2.37. The van der Waals surface area contributed by atoms with Crippen molar-refractivity contribution in [2.24, 2.45) is 22.9 Å². The number of unbranched alkanes of at least 4 members (excludes halogenated alkanes) is 2. The normalized spacial score (nSPS) is 13.0. The summed E-state index contributed by atoms with van der Waals surface area (Å²) in [6.07, 6.45) is 2.32. The lowest BCUT2D eigenvalue weighted by Gasteiger charge is -2.11. The molecule has 2 atom stereocenters. The molecule has 0 radical (unpaired) electrons. The maximum absolute atomic E-state index is 11.6. The fourth-order valence-electron chi connectivity index (χ4n) is 1.66. The van der Waals surface area contributed by atoms with E-state index < -0.39 is 42.5 Å². The molecule has 10 heteroatoms. The number of hydrogen-bond acceptors (Lipinski definition) is 10. The van der Waals surface area contributed by atoms with Gasteiger partial charge in [-0.15, -0.1) is 0 Å². The molecule has 0 rings (SSSR count). The molecule has 0 bridgehead atoms. The van der Waals surface area contributed by atoms with Crippen LogP contribution in [-0.2, 0) is 28.7 Å². The molecule has 0 aromatic rings.